The number of carbonyl (C=O) groups is 1. The van der Waals surface area contributed by atoms with Crippen LogP contribution in [0.15, 0.2) is 0 Å². The monoisotopic (exact) mass is 823 g/mol. The van der Waals surface area contributed by atoms with E-state index in [1.807, 2.05) is 6.92 Å². The molecule has 2 aliphatic rings. The molecule has 0 saturated carbocycles. The van der Waals surface area contributed by atoms with Gasteiger partial charge in [-0.05, 0) is 12.8 Å². The number of ether oxygens (including phenoxy) is 6. The molecule has 2 saturated heterocycles. The Morgan fingerprint density at radius 3 is 1.39 bits per heavy atom. The average Bonchev–Trinajstić information content (AvgIpc) is 3.20. The summed E-state index contributed by atoms with van der Waals surface area (Å²) in [6.45, 7) is 3.33. The van der Waals surface area contributed by atoms with Gasteiger partial charge in [0, 0.05) is 13.0 Å². The number of esters is 1. The van der Waals surface area contributed by atoms with E-state index < -0.39 is 86.7 Å². The molecule has 0 aliphatic carbocycles. The highest BCUT2D eigenvalue weighted by molar-refractivity contribution is 5.69. The molecule has 57 heavy (non-hydrogen) atoms. The lowest BCUT2D eigenvalue weighted by atomic mass is 9.98. The Kier molecular flexibility index (Phi) is 29.9. The van der Waals surface area contributed by atoms with Gasteiger partial charge >= 0.3 is 5.97 Å². The SMILES string of the molecule is CCCCCCCCCCCCCCCCCCCCCCCCOCC(COC1OC(COC2OC(CO)C(O)C(O)C2O)C(O)C(O)C1O)OC(=O)CCC. The molecule has 0 aromatic carbocycles. The zero-order chi connectivity index (χ0) is 41.7. The molecule has 2 aliphatic heterocycles. The average molecular weight is 823 g/mol. The smallest absolute Gasteiger partial charge is 0.306 e. The molecule has 0 aromatic rings. The zero-order valence-corrected chi connectivity index (χ0v) is 35.3. The van der Waals surface area contributed by atoms with Crippen LogP contribution in [0.4, 0.5) is 0 Å². The van der Waals surface area contributed by atoms with Crippen molar-refractivity contribution in [1.29, 1.82) is 0 Å². The van der Waals surface area contributed by atoms with E-state index >= 15 is 0 Å². The van der Waals surface area contributed by atoms with Crippen molar-refractivity contribution >= 4 is 5.97 Å². The van der Waals surface area contributed by atoms with E-state index in [-0.39, 0.29) is 19.6 Å². The standard InChI is InChI=1S/C43H82O14/c1-3-5-6-7-8-9-10-11-12-13-14-15-16-17-18-19-20-21-22-23-24-25-27-52-29-32(55-35(45)26-4-2)30-53-42-41(51)39(49)37(47)34(57-42)31-54-43-40(50)38(48)36(46)33(28-44)56-43/h32-34,36-44,46-51H,3-31H2,1-2H3. The molecule has 0 aromatic heterocycles. The third kappa shape index (κ3) is 21.9. The van der Waals surface area contributed by atoms with E-state index in [2.05, 4.69) is 6.92 Å². The molecule has 0 radical (unpaired) electrons. The number of hydrogen-bond donors (Lipinski definition) is 7. The Balaban J connectivity index is 1.57. The number of aliphatic hydroxyl groups excluding tert-OH is 7. The van der Waals surface area contributed by atoms with Crippen LogP contribution < -0.4 is 0 Å². The van der Waals surface area contributed by atoms with Crippen LogP contribution in [0, 0.1) is 0 Å². The normalized spacial score (nSPS) is 28.4. The van der Waals surface area contributed by atoms with E-state index in [1.165, 1.54) is 122 Å². The first-order chi connectivity index (χ1) is 27.6. The predicted octanol–water partition coefficient (Wildman–Crippen LogP) is 4.96. The largest absolute Gasteiger partial charge is 0.457 e. The Hall–Kier alpha value is -1.01. The van der Waals surface area contributed by atoms with Crippen molar-refractivity contribution in [3.8, 4) is 0 Å². The molecule has 2 heterocycles. The quantitative estimate of drug-likeness (QED) is 0.0333. The van der Waals surface area contributed by atoms with Crippen LogP contribution in [0.2, 0.25) is 0 Å². The van der Waals surface area contributed by atoms with Crippen molar-refractivity contribution < 1.29 is 69.0 Å². The third-order valence-corrected chi connectivity index (χ3v) is 11.1. The van der Waals surface area contributed by atoms with Gasteiger partial charge in [-0.15, -0.1) is 0 Å². The molecule has 2 rings (SSSR count). The van der Waals surface area contributed by atoms with E-state index in [0.29, 0.717) is 13.0 Å². The maximum atomic E-state index is 12.3. The molecule has 2 fully saturated rings. The zero-order valence-electron chi connectivity index (χ0n) is 35.3. The molecule has 0 amide bonds. The second-order valence-corrected chi connectivity index (χ2v) is 16.2. The van der Waals surface area contributed by atoms with Gasteiger partial charge in [0.25, 0.3) is 0 Å². The van der Waals surface area contributed by atoms with Gasteiger partial charge in [0.1, 0.15) is 54.9 Å². The summed E-state index contributed by atoms with van der Waals surface area (Å²) < 4.78 is 33.6. The minimum absolute atomic E-state index is 0.0619. The molecule has 14 nitrogen and oxygen atoms in total. The molecule has 11 unspecified atom stereocenters. The first-order valence-corrected chi connectivity index (χ1v) is 22.6. The Morgan fingerprint density at radius 1 is 0.509 bits per heavy atom. The summed E-state index contributed by atoms with van der Waals surface area (Å²) in [6, 6.07) is 0. The predicted molar refractivity (Wildman–Crippen MR) is 215 cm³/mol. The van der Waals surface area contributed by atoms with Crippen LogP contribution >= 0.6 is 0 Å². The summed E-state index contributed by atoms with van der Waals surface area (Å²) in [7, 11) is 0. The van der Waals surface area contributed by atoms with E-state index in [4.69, 9.17) is 28.4 Å². The molecule has 0 spiro atoms. The van der Waals surface area contributed by atoms with Crippen LogP contribution in [0.5, 0.6) is 0 Å². The van der Waals surface area contributed by atoms with Crippen LogP contribution in [-0.2, 0) is 33.2 Å². The fourth-order valence-corrected chi connectivity index (χ4v) is 7.38. The highest BCUT2D eigenvalue weighted by Gasteiger charge is 2.47. The lowest BCUT2D eigenvalue weighted by Gasteiger charge is -2.42. The molecule has 338 valence electrons. The topological polar surface area (TPSA) is 214 Å². The van der Waals surface area contributed by atoms with Gasteiger partial charge in [0.05, 0.1) is 26.4 Å². The minimum Gasteiger partial charge on any atom is -0.457 e. The van der Waals surface area contributed by atoms with Crippen molar-refractivity contribution in [3.05, 3.63) is 0 Å². The van der Waals surface area contributed by atoms with Gasteiger partial charge in [-0.3, -0.25) is 4.79 Å². The van der Waals surface area contributed by atoms with Gasteiger partial charge in [-0.2, -0.15) is 0 Å². The Labute approximate surface area is 342 Å². The van der Waals surface area contributed by atoms with Crippen molar-refractivity contribution in [2.75, 3.05) is 33.0 Å². The lowest BCUT2D eigenvalue weighted by molar-refractivity contribution is -0.332. The Bertz CT molecular complexity index is 959. The fraction of sp³-hybridized carbons (Fsp3) is 0.977. The summed E-state index contributed by atoms with van der Waals surface area (Å²) in [5.74, 6) is -0.426. The van der Waals surface area contributed by atoms with E-state index in [9.17, 15) is 40.5 Å². The maximum Gasteiger partial charge on any atom is 0.306 e. The van der Waals surface area contributed by atoms with Crippen molar-refractivity contribution in [2.45, 2.75) is 235 Å². The summed E-state index contributed by atoms with van der Waals surface area (Å²) in [5.41, 5.74) is 0. The summed E-state index contributed by atoms with van der Waals surface area (Å²) in [5, 5.41) is 71.3. The summed E-state index contributed by atoms with van der Waals surface area (Å²) >= 11 is 0. The lowest BCUT2D eigenvalue weighted by Crippen LogP contribution is -2.61. The Morgan fingerprint density at radius 2 is 0.930 bits per heavy atom. The minimum atomic E-state index is -1.70. The third-order valence-electron chi connectivity index (χ3n) is 11.1. The summed E-state index contributed by atoms with van der Waals surface area (Å²) in [6.07, 6.45) is 13.8. The number of hydrogen-bond acceptors (Lipinski definition) is 14. The van der Waals surface area contributed by atoms with Crippen molar-refractivity contribution in [1.82, 2.24) is 0 Å². The molecule has 14 heteroatoms. The summed E-state index contributed by atoms with van der Waals surface area (Å²) in [4.78, 5) is 12.3. The number of carbonyl (C=O) groups excluding carboxylic acids is 1. The van der Waals surface area contributed by atoms with Crippen LogP contribution in [0.25, 0.3) is 0 Å². The molecular formula is C43H82O14. The van der Waals surface area contributed by atoms with E-state index in [0.717, 1.165) is 19.3 Å². The van der Waals surface area contributed by atoms with Gasteiger partial charge < -0.3 is 64.2 Å². The molecule has 0 bridgehead atoms. The van der Waals surface area contributed by atoms with Crippen LogP contribution in [-0.4, -0.2) is 142 Å². The second-order valence-electron chi connectivity index (χ2n) is 16.2. The number of unbranched alkanes of at least 4 members (excludes halogenated alkanes) is 21. The number of rotatable bonds is 35. The maximum absolute atomic E-state index is 12.3. The van der Waals surface area contributed by atoms with Crippen molar-refractivity contribution in [2.24, 2.45) is 0 Å². The van der Waals surface area contributed by atoms with Crippen LogP contribution in [0.1, 0.15) is 168 Å². The van der Waals surface area contributed by atoms with Gasteiger partial charge in [0.15, 0.2) is 12.6 Å². The highest BCUT2D eigenvalue weighted by atomic mass is 16.7. The van der Waals surface area contributed by atoms with E-state index in [1.54, 1.807) is 0 Å². The molecular weight excluding hydrogens is 740 g/mol. The van der Waals surface area contributed by atoms with Gasteiger partial charge in [-0.1, -0.05) is 149 Å². The van der Waals surface area contributed by atoms with Crippen LogP contribution in [0.3, 0.4) is 0 Å². The van der Waals surface area contributed by atoms with Gasteiger partial charge in [0.2, 0.25) is 0 Å². The highest BCUT2D eigenvalue weighted by Crippen LogP contribution is 2.26. The molecule has 7 N–H and O–H groups in total. The molecule has 11 atom stereocenters. The fourth-order valence-electron chi connectivity index (χ4n) is 7.38. The van der Waals surface area contributed by atoms with Crippen molar-refractivity contribution in [3.63, 3.8) is 0 Å². The second kappa shape index (κ2) is 32.7. The first kappa shape index (κ1) is 52.1. The van der Waals surface area contributed by atoms with Gasteiger partial charge in [-0.25, -0.2) is 0 Å². The number of aliphatic hydroxyl groups is 7. The first-order valence-electron chi connectivity index (χ1n) is 22.6.